The number of nitrogens with zero attached hydrogens (tertiary/aromatic N) is 4. The monoisotopic (exact) mass is 307 g/mol. The molecule has 7 heteroatoms. The summed E-state index contributed by atoms with van der Waals surface area (Å²) < 4.78 is 0. The molecule has 2 aromatic heterocycles. The van der Waals surface area contributed by atoms with Gasteiger partial charge >= 0.3 is 0 Å². The number of fused-ring (bicyclic) bond motifs is 1. The lowest BCUT2D eigenvalue weighted by molar-refractivity contribution is -0.127. The number of rotatable bonds is 4. The van der Waals surface area contributed by atoms with E-state index in [1.54, 1.807) is 6.33 Å². The minimum atomic E-state index is 0.00435. The van der Waals surface area contributed by atoms with Crippen LogP contribution in [0.5, 0.6) is 0 Å². The largest absolute Gasteiger partial charge is 0.351 e. The highest BCUT2D eigenvalue weighted by Crippen LogP contribution is 2.27. The molecule has 0 radical (unpaired) electrons. The summed E-state index contributed by atoms with van der Waals surface area (Å²) >= 11 is 5.64. The van der Waals surface area contributed by atoms with Crippen molar-refractivity contribution in [1.29, 1.82) is 0 Å². The van der Waals surface area contributed by atoms with Crippen LogP contribution in [0.1, 0.15) is 13.3 Å². The summed E-state index contributed by atoms with van der Waals surface area (Å²) in [7, 11) is 0. The lowest BCUT2D eigenvalue weighted by Crippen LogP contribution is -2.39. The minimum absolute atomic E-state index is 0.00435. The van der Waals surface area contributed by atoms with Gasteiger partial charge in [0.2, 0.25) is 5.91 Å². The van der Waals surface area contributed by atoms with E-state index in [2.05, 4.69) is 26.8 Å². The number of anilines is 1. The number of alkyl halides is 1. The second-order valence-electron chi connectivity index (χ2n) is 5.14. The highest BCUT2D eigenvalue weighted by Gasteiger charge is 2.30. The van der Waals surface area contributed by atoms with E-state index in [0.29, 0.717) is 6.54 Å². The predicted octanol–water partition coefficient (Wildman–Crippen LogP) is 1.62. The summed E-state index contributed by atoms with van der Waals surface area (Å²) in [6, 6.07) is 2.26. The summed E-state index contributed by atoms with van der Waals surface area (Å²) in [5.74, 6) is 0.979. The zero-order valence-electron chi connectivity index (χ0n) is 11.9. The fraction of sp³-hybridized carbons (Fsp3) is 0.500. The van der Waals surface area contributed by atoms with Gasteiger partial charge in [-0.25, -0.2) is 9.97 Å². The molecule has 112 valence electrons. The number of amides is 1. The third kappa shape index (κ3) is 2.55. The molecule has 1 fully saturated rings. The number of carbonyl (C=O) groups excluding carboxylic acids is 1. The summed E-state index contributed by atoms with van der Waals surface area (Å²) in [4.78, 5) is 27.6. The number of aromatic nitrogens is 3. The Kier molecular flexibility index (Phi) is 3.96. The van der Waals surface area contributed by atoms with E-state index in [-0.39, 0.29) is 17.8 Å². The Morgan fingerprint density at radius 1 is 1.57 bits per heavy atom. The summed E-state index contributed by atoms with van der Waals surface area (Å²) in [5, 5.41) is 1.02. The Hall–Kier alpha value is -1.82. The average molecular weight is 308 g/mol. The number of halogens is 1. The smallest absolute Gasteiger partial charge is 0.237 e. The van der Waals surface area contributed by atoms with Gasteiger partial charge in [-0.15, -0.1) is 11.6 Å². The molecule has 1 N–H and O–H groups in total. The van der Waals surface area contributed by atoms with Crippen molar-refractivity contribution in [2.24, 2.45) is 0 Å². The maximum Gasteiger partial charge on any atom is 0.237 e. The highest BCUT2D eigenvalue weighted by atomic mass is 35.5. The molecule has 0 aromatic carbocycles. The van der Waals surface area contributed by atoms with Crippen LogP contribution in [-0.4, -0.2) is 57.3 Å². The number of likely N-dealkylation sites (N-methyl/N-ethyl adjacent to an activating group) is 1. The number of likely N-dealkylation sites (tertiary alicyclic amines) is 1. The van der Waals surface area contributed by atoms with Crippen molar-refractivity contribution in [3.05, 3.63) is 18.6 Å². The normalized spacial score (nSPS) is 18.4. The van der Waals surface area contributed by atoms with Crippen molar-refractivity contribution in [2.75, 3.05) is 30.4 Å². The molecule has 1 aliphatic rings. The van der Waals surface area contributed by atoms with E-state index in [9.17, 15) is 4.79 Å². The third-order valence-corrected chi connectivity index (χ3v) is 4.25. The van der Waals surface area contributed by atoms with Crippen molar-refractivity contribution in [3.8, 4) is 0 Å². The molecule has 1 saturated heterocycles. The fourth-order valence-corrected chi connectivity index (χ4v) is 3.14. The zero-order chi connectivity index (χ0) is 14.8. The van der Waals surface area contributed by atoms with E-state index in [4.69, 9.17) is 11.6 Å². The lowest BCUT2D eigenvalue weighted by Gasteiger charge is -2.29. The molecule has 0 saturated carbocycles. The topological polar surface area (TPSA) is 65.1 Å². The van der Waals surface area contributed by atoms with Crippen molar-refractivity contribution < 1.29 is 4.79 Å². The SMILES string of the molecule is CCN(c1ncnc2[nH]ccc12)[C@@H]1CCN(C(=O)CCl)C1. The first-order valence-corrected chi connectivity index (χ1v) is 7.66. The molecule has 1 atom stereocenters. The molecule has 3 rings (SSSR count). The average Bonchev–Trinajstić information content (AvgIpc) is 3.16. The lowest BCUT2D eigenvalue weighted by atomic mass is 10.2. The van der Waals surface area contributed by atoms with Crippen LogP contribution >= 0.6 is 11.6 Å². The van der Waals surface area contributed by atoms with Crippen molar-refractivity contribution >= 4 is 34.4 Å². The molecule has 0 aliphatic carbocycles. The fourth-order valence-electron chi connectivity index (χ4n) is 2.98. The third-order valence-electron chi connectivity index (χ3n) is 4.02. The predicted molar refractivity (Wildman–Crippen MR) is 82.6 cm³/mol. The molecule has 1 amide bonds. The number of hydrogen-bond acceptors (Lipinski definition) is 4. The van der Waals surface area contributed by atoms with Gasteiger partial charge in [-0.2, -0.15) is 0 Å². The minimum Gasteiger partial charge on any atom is -0.351 e. The van der Waals surface area contributed by atoms with Crippen molar-refractivity contribution in [3.63, 3.8) is 0 Å². The Labute approximate surface area is 128 Å². The number of nitrogens with one attached hydrogen (secondary N) is 1. The first kappa shape index (κ1) is 14.1. The molecule has 0 bridgehead atoms. The molecule has 2 aromatic rings. The molecular weight excluding hydrogens is 290 g/mol. The van der Waals surface area contributed by atoms with Gasteiger partial charge in [-0.3, -0.25) is 4.79 Å². The zero-order valence-corrected chi connectivity index (χ0v) is 12.7. The van der Waals surface area contributed by atoms with E-state index in [0.717, 1.165) is 36.4 Å². The Morgan fingerprint density at radius 3 is 3.19 bits per heavy atom. The van der Waals surface area contributed by atoms with Crippen LogP contribution in [0.25, 0.3) is 11.0 Å². The molecule has 21 heavy (non-hydrogen) atoms. The summed E-state index contributed by atoms with van der Waals surface area (Å²) in [6.45, 7) is 4.40. The Morgan fingerprint density at radius 2 is 2.43 bits per heavy atom. The van der Waals surface area contributed by atoms with Crippen molar-refractivity contribution in [1.82, 2.24) is 19.9 Å². The van der Waals surface area contributed by atoms with Crippen molar-refractivity contribution in [2.45, 2.75) is 19.4 Å². The molecule has 0 spiro atoms. The van der Waals surface area contributed by atoms with Gasteiger partial charge in [-0.1, -0.05) is 0 Å². The maximum absolute atomic E-state index is 11.7. The van der Waals surface area contributed by atoms with Gasteiger partial charge in [0.15, 0.2) is 0 Å². The van der Waals surface area contributed by atoms with E-state index in [1.807, 2.05) is 17.2 Å². The molecular formula is C14H18ClN5O. The quantitative estimate of drug-likeness (QED) is 0.872. The van der Waals surface area contributed by atoms with Crippen LogP contribution in [0.2, 0.25) is 0 Å². The Balaban J connectivity index is 1.86. The molecule has 6 nitrogen and oxygen atoms in total. The van der Waals surface area contributed by atoms with Gasteiger partial charge in [0, 0.05) is 31.9 Å². The Bertz CT molecular complexity index is 643. The van der Waals surface area contributed by atoms with E-state index in [1.165, 1.54) is 0 Å². The number of aromatic amines is 1. The number of carbonyl (C=O) groups is 1. The first-order valence-electron chi connectivity index (χ1n) is 7.13. The first-order chi connectivity index (χ1) is 10.2. The van der Waals surface area contributed by atoms with Crippen LogP contribution < -0.4 is 4.90 Å². The van der Waals surface area contributed by atoms with Crippen LogP contribution in [0.4, 0.5) is 5.82 Å². The molecule has 3 heterocycles. The van der Waals surface area contributed by atoms with E-state index < -0.39 is 0 Å². The standard InChI is InChI=1S/C14H18ClN5O/c1-2-20(10-4-6-19(8-10)12(21)7-15)14-11-3-5-16-13(11)17-9-18-14/h3,5,9-10H,2,4,6-8H2,1H3,(H,16,17,18)/t10-/m1/s1. The van der Waals surface area contributed by atoms with Gasteiger partial charge < -0.3 is 14.8 Å². The second kappa shape index (κ2) is 5.89. The van der Waals surface area contributed by atoms with Gasteiger partial charge in [0.1, 0.15) is 23.7 Å². The van der Waals surface area contributed by atoms with Gasteiger partial charge in [0.05, 0.1) is 5.39 Å². The van der Waals surface area contributed by atoms with Crippen LogP contribution in [0, 0.1) is 0 Å². The summed E-state index contributed by atoms with van der Waals surface area (Å²) in [5.41, 5.74) is 0.838. The van der Waals surface area contributed by atoms with Crippen LogP contribution in [0.15, 0.2) is 18.6 Å². The van der Waals surface area contributed by atoms with E-state index >= 15 is 0 Å². The highest BCUT2D eigenvalue weighted by molar-refractivity contribution is 6.27. The van der Waals surface area contributed by atoms with Gasteiger partial charge in [-0.05, 0) is 19.4 Å². The number of hydrogen-bond donors (Lipinski definition) is 1. The van der Waals surface area contributed by atoms with Crippen LogP contribution in [0.3, 0.4) is 0 Å². The second-order valence-corrected chi connectivity index (χ2v) is 5.41. The summed E-state index contributed by atoms with van der Waals surface area (Å²) in [6.07, 6.45) is 4.38. The van der Waals surface area contributed by atoms with Crippen LogP contribution in [-0.2, 0) is 4.79 Å². The van der Waals surface area contributed by atoms with Gasteiger partial charge in [0.25, 0.3) is 0 Å². The number of H-pyrrole nitrogens is 1. The maximum atomic E-state index is 11.7. The molecule has 0 unspecified atom stereocenters. The molecule has 1 aliphatic heterocycles.